The van der Waals surface area contributed by atoms with Gasteiger partial charge in [0.05, 0.1) is 0 Å². The average molecular weight is 297 g/mol. The zero-order chi connectivity index (χ0) is 15.8. The van der Waals surface area contributed by atoms with Crippen molar-refractivity contribution in [3.63, 3.8) is 0 Å². The number of aliphatic carboxylic acids is 1. The van der Waals surface area contributed by atoms with Crippen LogP contribution in [0.2, 0.25) is 0 Å². The van der Waals surface area contributed by atoms with Crippen LogP contribution in [0.3, 0.4) is 0 Å². The molecule has 2 aromatic carbocycles. The van der Waals surface area contributed by atoms with Crippen molar-refractivity contribution in [2.24, 2.45) is 0 Å². The summed E-state index contributed by atoms with van der Waals surface area (Å²) in [6.45, 7) is -0.402. The fourth-order valence-corrected chi connectivity index (χ4v) is 1.70. The second-order valence-electron chi connectivity index (χ2n) is 4.43. The number of carboxylic acids is 1. The van der Waals surface area contributed by atoms with E-state index >= 15 is 0 Å². The van der Waals surface area contributed by atoms with Gasteiger partial charge in [0.1, 0.15) is 18.0 Å². The number of para-hydroxylation sites is 1. The first-order valence-corrected chi connectivity index (χ1v) is 6.64. The Morgan fingerprint density at radius 1 is 1.05 bits per heavy atom. The Morgan fingerprint density at radius 3 is 2.50 bits per heavy atom. The minimum atomic E-state index is -1.08. The van der Waals surface area contributed by atoms with Crippen molar-refractivity contribution >= 4 is 18.0 Å². The summed E-state index contributed by atoms with van der Waals surface area (Å²) >= 11 is 0. The predicted octanol–water partition coefficient (Wildman–Crippen LogP) is 2.69. The van der Waals surface area contributed by atoms with Gasteiger partial charge in [-0.15, -0.1) is 0 Å². The molecule has 0 saturated carbocycles. The van der Waals surface area contributed by atoms with Crippen LogP contribution in [0, 0.1) is 0 Å². The minimum Gasteiger partial charge on any atom is -0.480 e. The number of ether oxygens (including phenoxy) is 1. The van der Waals surface area contributed by atoms with Gasteiger partial charge in [0, 0.05) is 6.08 Å². The van der Waals surface area contributed by atoms with Crippen molar-refractivity contribution in [1.82, 2.24) is 5.32 Å². The molecule has 1 amide bonds. The highest BCUT2D eigenvalue weighted by molar-refractivity contribution is 5.93. The maximum atomic E-state index is 11.4. The molecule has 5 heteroatoms. The third kappa shape index (κ3) is 5.13. The zero-order valence-corrected chi connectivity index (χ0v) is 11.7. The molecule has 2 rings (SSSR count). The molecule has 0 heterocycles. The van der Waals surface area contributed by atoms with Crippen LogP contribution < -0.4 is 10.1 Å². The maximum Gasteiger partial charge on any atom is 0.322 e. The maximum absolute atomic E-state index is 11.4. The number of hydrogen-bond donors (Lipinski definition) is 2. The summed E-state index contributed by atoms with van der Waals surface area (Å²) in [5.74, 6) is -0.168. The molecule has 0 bridgehead atoms. The van der Waals surface area contributed by atoms with Crippen molar-refractivity contribution in [1.29, 1.82) is 0 Å². The Bertz CT molecular complexity index is 680. The van der Waals surface area contributed by atoms with Crippen LogP contribution in [0.15, 0.2) is 60.7 Å². The fourth-order valence-electron chi connectivity index (χ4n) is 1.70. The number of carbonyl (C=O) groups is 2. The van der Waals surface area contributed by atoms with Crippen molar-refractivity contribution in [2.45, 2.75) is 0 Å². The van der Waals surface area contributed by atoms with Crippen LogP contribution in [0.5, 0.6) is 11.5 Å². The summed E-state index contributed by atoms with van der Waals surface area (Å²) in [6, 6.07) is 16.6. The van der Waals surface area contributed by atoms with E-state index in [1.807, 2.05) is 48.5 Å². The van der Waals surface area contributed by atoms with Gasteiger partial charge in [-0.2, -0.15) is 0 Å². The number of rotatable bonds is 6. The van der Waals surface area contributed by atoms with Gasteiger partial charge in [-0.3, -0.25) is 9.59 Å². The Kier molecular flexibility index (Phi) is 5.31. The van der Waals surface area contributed by atoms with Gasteiger partial charge in [0.15, 0.2) is 0 Å². The van der Waals surface area contributed by atoms with Gasteiger partial charge in [0.25, 0.3) is 0 Å². The normalized spacial score (nSPS) is 10.4. The molecule has 0 aliphatic heterocycles. The first-order valence-electron chi connectivity index (χ1n) is 6.64. The largest absolute Gasteiger partial charge is 0.480 e. The van der Waals surface area contributed by atoms with Crippen molar-refractivity contribution < 1.29 is 19.4 Å². The molecule has 0 aliphatic carbocycles. The molecule has 0 atom stereocenters. The average Bonchev–Trinajstić information content (AvgIpc) is 2.52. The van der Waals surface area contributed by atoms with E-state index in [1.54, 1.807) is 12.1 Å². The van der Waals surface area contributed by atoms with E-state index in [0.29, 0.717) is 5.75 Å². The van der Waals surface area contributed by atoms with Gasteiger partial charge in [-0.1, -0.05) is 30.3 Å². The fraction of sp³-hybridized carbons (Fsp3) is 0.0588. The molecule has 2 aromatic rings. The number of carbonyl (C=O) groups excluding carboxylic acids is 1. The second-order valence-corrected chi connectivity index (χ2v) is 4.43. The van der Waals surface area contributed by atoms with Gasteiger partial charge in [-0.25, -0.2) is 0 Å². The molecule has 0 spiro atoms. The van der Waals surface area contributed by atoms with Crippen molar-refractivity contribution in [3.8, 4) is 11.5 Å². The SMILES string of the molecule is O=C(O)CNC(=O)/C=C/c1cccc(Oc2ccccc2)c1. The van der Waals surface area contributed by atoms with E-state index in [9.17, 15) is 9.59 Å². The van der Waals surface area contributed by atoms with Crippen LogP contribution in [-0.4, -0.2) is 23.5 Å². The molecule has 0 aliphatic rings. The highest BCUT2D eigenvalue weighted by Gasteiger charge is 2.00. The summed E-state index contributed by atoms with van der Waals surface area (Å²) in [5.41, 5.74) is 0.777. The van der Waals surface area contributed by atoms with E-state index in [1.165, 1.54) is 6.08 Å². The van der Waals surface area contributed by atoms with Crippen LogP contribution in [0.1, 0.15) is 5.56 Å². The monoisotopic (exact) mass is 297 g/mol. The number of amides is 1. The molecule has 2 N–H and O–H groups in total. The summed E-state index contributed by atoms with van der Waals surface area (Å²) in [5, 5.41) is 10.7. The quantitative estimate of drug-likeness (QED) is 0.804. The molecule has 0 saturated heterocycles. The number of carboxylic acid groups (broad SMARTS) is 1. The number of hydrogen-bond acceptors (Lipinski definition) is 3. The van der Waals surface area contributed by atoms with Crippen LogP contribution in [0.4, 0.5) is 0 Å². The number of nitrogens with one attached hydrogen (secondary N) is 1. The third-order valence-corrected chi connectivity index (χ3v) is 2.68. The summed E-state index contributed by atoms with van der Waals surface area (Å²) < 4.78 is 5.69. The van der Waals surface area contributed by atoms with E-state index in [-0.39, 0.29) is 0 Å². The molecule has 0 unspecified atom stereocenters. The molecule has 22 heavy (non-hydrogen) atoms. The molecule has 5 nitrogen and oxygen atoms in total. The molecular weight excluding hydrogens is 282 g/mol. The molecule has 0 radical (unpaired) electrons. The Balaban J connectivity index is 1.99. The van der Waals surface area contributed by atoms with Crippen molar-refractivity contribution in [3.05, 3.63) is 66.2 Å². The van der Waals surface area contributed by atoms with Gasteiger partial charge in [0.2, 0.25) is 5.91 Å². The van der Waals surface area contributed by atoms with Gasteiger partial charge >= 0.3 is 5.97 Å². The van der Waals surface area contributed by atoms with E-state index in [4.69, 9.17) is 9.84 Å². The highest BCUT2D eigenvalue weighted by Crippen LogP contribution is 2.22. The lowest BCUT2D eigenvalue weighted by Gasteiger charge is -2.05. The van der Waals surface area contributed by atoms with Crippen LogP contribution in [0.25, 0.3) is 6.08 Å². The first-order chi connectivity index (χ1) is 10.6. The lowest BCUT2D eigenvalue weighted by molar-refractivity contribution is -0.137. The molecule has 112 valence electrons. The lowest BCUT2D eigenvalue weighted by atomic mass is 10.2. The molecule has 0 aromatic heterocycles. The minimum absolute atomic E-state index is 0.402. The summed E-state index contributed by atoms with van der Waals surface area (Å²) in [6.07, 6.45) is 2.87. The first kappa shape index (κ1) is 15.3. The zero-order valence-electron chi connectivity index (χ0n) is 11.7. The topological polar surface area (TPSA) is 75.6 Å². The smallest absolute Gasteiger partial charge is 0.322 e. The van der Waals surface area contributed by atoms with Gasteiger partial charge < -0.3 is 15.2 Å². The Hall–Kier alpha value is -3.08. The standard InChI is InChI=1S/C17H15NO4/c19-16(18-12-17(20)21)10-9-13-5-4-8-15(11-13)22-14-6-2-1-3-7-14/h1-11H,12H2,(H,18,19)(H,20,21)/b10-9+. The lowest BCUT2D eigenvalue weighted by Crippen LogP contribution is -2.27. The van der Waals surface area contributed by atoms with E-state index < -0.39 is 18.4 Å². The highest BCUT2D eigenvalue weighted by atomic mass is 16.5. The van der Waals surface area contributed by atoms with Gasteiger partial charge in [-0.05, 0) is 35.9 Å². The summed E-state index contributed by atoms with van der Waals surface area (Å²) in [7, 11) is 0. The van der Waals surface area contributed by atoms with E-state index in [2.05, 4.69) is 5.32 Å². The van der Waals surface area contributed by atoms with Crippen LogP contribution in [-0.2, 0) is 9.59 Å². The third-order valence-electron chi connectivity index (χ3n) is 2.68. The predicted molar refractivity (Wildman–Crippen MR) is 82.6 cm³/mol. The Morgan fingerprint density at radius 2 is 1.77 bits per heavy atom. The van der Waals surface area contributed by atoms with E-state index in [0.717, 1.165) is 11.3 Å². The molecule has 0 fully saturated rings. The van der Waals surface area contributed by atoms with Crippen molar-refractivity contribution in [2.75, 3.05) is 6.54 Å². The van der Waals surface area contributed by atoms with Crippen LogP contribution >= 0.6 is 0 Å². The Labute approximate surface area is 127 Å². The summed E-state index contributed by atoms with van der Waals surface area (Å²) in [4.78, 5) is 21.7. The number of benzene rings is 2. The molecular formula is C17H15NO4. The second kappa shape index (κ2) is 7.64.